The van der Waals surface area contributed by atoms with Gasteiger partial charge in [-0.05, 0) is 24.1 Å². The van der Waals surface area contributed by atoms with E-state index in [1.165, 1.54) is 18.3 Å². The van der Waals surface area contributed by atoms with Gasteiger partial charge in [0.25, 0.3) is 9.05 Å². The van der Waals surface area contributed by atoms with E-state index in [1.807, 2.05) is 6.92 Å². The van der Waals surface area contributed by atoms with Crippen molar-refractivity contribution >= 4 is 35.7 Å². The van der Waals surface area contributed by atoms with E-state index in [0.717, 1.165) is 12.0 Å². The summed E-state index contributed by atoms with van der Waals surface area (Å²) < 4.78 is 38.2. The van der Waals surface area contributed by atoms with Gasteiger partial charge in [-0.1, -0.05) is 28.9 Å². The van der Waals surface area contributed by atoms with Crippen LogP contribution in [0.5, 0.6) is 0 Å². The molecule has 0 N–H and O–H groups in total. The standard InChI is InChI=1S/C13H13BrClFN2O2S/c1-2-3-12-17-13(21(15,19)20)8-18(12)7-9-4-5-10(16)6-11(9)14/h4-6,8H,2-3,7H2,1H3. The molecule has 0 atom stereocenters. The first-order valence-corrected chi connectivity index (χ1v) is 9.36. The van der Waals surface area contributed by atoms with Gasteiger partial charge in [0.1, 0.15) is 11.6 Å². The highest BCUT2D eigenvalue weighted by Gasteiger charge is 2.18. The minimum Gasteiger partial charge on any atom is -0.329 e. The summed E-state index contributed by atoms with van der Waals surface area (Å²) in [4.78, 5) is 4.07. The first-order chi connectivity index (χ1) is 9.81. The fraction of sp³-hybridized carbons (Fsp3) is 0.308. The van der Waals surface area contributed by atoms with Crippen LogP contribution in [0.25, 0.3) is 0 Å². The Bertz CT molecular complexity index is 762. The molecule has 1 heterocycles. The van der Waals surface area contributed by atoms with Gasteiger partial charge in [0.05, 0.1) is 0 Å². The predicted molar refractivity (Wildman–Crippen MR) is 82.5 cm³/mol. The van der Waals surface area contributed by atoms with Gasteiger partial charge < -0.3 is 4.57 Å². The highest BCUT2D eigenvalue weighted by atomic mass is 79.9. The molecule has 0 unspecified atom stereocenters. The Labute approximate surface area is 135 Å². The van der Waals surface area contributed by atoms with Gasteiger partial charge >= 0.3 is 0 Å². The summed E-state index contributed by atoms with van der Waals surface area (Å²) >= 11 is 3.30. The Morgan fingerprint density at radius 1 is 1.43 bits per heavy atom. The van der Waals surface area contributed by atoms with Crippen molar-refractivity contribution in [2.24, 2.45) is 0 Å². The lowest BCUT2D eigenvalue weighted by molar-refractivity contribution is 0.606. The molecule has 114 valence electrons. The Balaban J connectivity index is 2.40. The molecule has 4 nitrogen and oxygen atoms in total. The number of aromatic nitrogens is 2. The van der Waals surface area contributed by atoms with E-state index < -0.39 is 9.05 Å². The van der Waals surface area contributed by atoms with Crippen molar-refractivity contribution in [3.8, 4) is 0 Å². The molecule has 0 spiro atoms. The van der Waals surface area contributed by atoms with Crippen molar-refractivity contribution < 1.29 is 12.8 Å². The van der Waals surface area contributed by atoms with Crippen LogP contribution in [-0.2, 0) is 22.0 Å². The van der Waals surface area contributed by atoms with Crippen LogP contribution >= 0.6 is 26.6 Å². The molecule has 0 saturated heterocycles. The zero-order valence-corrected chi connectivity index (χ0v) is 14.3. The minimum atomic E-state index is -3.86. The molecule has 2 aromatic rings. The monoisotopic (exact) mass is 394 g/mol. The smallest absolute Gasteiger partial charge is 0.280 e. The SMILES string of the molecule is CCCc1nc(S(=O)(=O)Cl)cn1Cc1ccc(F)cc1Br. The third-order valence-electron chi connectivity index (χ3n) is 2.92. The Kier molecular flexibility index (Phi) is 5.06. The normalized spacial score (nSPS) is 11.8. The van der Waals surface area contributed by atoms with Crippen LogP contribution in [0.4, 0.5) is 4.39 Å². The molecular weight excluding hydrogens is 383 g/mol. The lowest BCUT2D eigenvalue weighted by Crippen LogP contribution is -2.04. The van der Waals surface area contributed by atoms with Crippen LogP contribution in [0.1, 0.15) is 24.7 Å². The molecule has 1 aromatic heterocycles. The lowest BCUT2D eigenvalue weighted by atomic mass is 10.2. The van der Waals surface area contributed by atoms with Crippen molar-refractivity contribution in [1.29, 1.82) is 0 Å². The number of benzene rings is 1. The maximum Gasteiger partial charge on any atom is 0.280 e. The predicted octanol–water partition coefficient (Wildman–Crippen LogP) is 3.71. The Morgan fingerprint density at radius 2 is 2.14 bits per heavy atom. The average molecular weight is 396 g/mol. The molecule has 0 saturated carbocycles. The quantitative estimate of drug-likeness (QED) is 0.725. The van der Waals surface area contributed by atoms with E-state index in [4.69, 9.17) is 10.7 Å². The summed E-state index contributed by atoms with van der Waals surface area (Å²) in [6, 6.07) is 4.37. The second-order valence-corrected chi connectivity index (χ2v) is 7.91. The number of aryl methyl sites for hydroxylation is 1. The number of imidazole rings is 1. The van der Waals surface area contributed by atoms with Crippen LogP contribution in [0, 0.1) is 5.82 Å². The third-order valence-corrected chi connectivity index (χ3v) is 4.83. The van der Waals surface area contributed by atoms with Crippen LogP contribution in [-0.4, -0.2) is 18.0 Å². The molecule has 21 heavy (non-hydrogen) atoms. The number of halogens is 3. The Hall–Kier alpha value is -0.920. The number of rotatable bonds is 5. The molecule has 1 aromatic carbocycles. The first kappa shape index (κ1) is 16.5. The van der Waals surface area contributed by atoms with E-state index in [0.29, 0.717) is 23.3 Å². The fourth-order valence-corrected chi connectivity index (χ4v) is 3.11. The van der Waals surface area contributed by atoms with E-state index in [1.54, 1.807) is 10.6 Å². The van der Waals surface area contributed by atoms with Crippen LogP contribution in [0.2, 0.25) is 0 Å². The van der Waals surface area contributed by atoms with Crippen molar-refractivity contribution in [3.63, 3.8) is 0 Å². The van der Waals surface area contributed by atoms with Crippen LogP contribution < -0.4 is 0 Å². The van der Waals surface area contributed by atoms with Gasteiger partial charge in [0.2, 0.25) is 0 Å². The van der Waals surface area contributed by atoms with Crippen LogP contribution in [0.15, 0.2) is 33.9 Å². The van der Waals surface area contributed by atoms with Crippen molar-refractivity contribution in [3.05, 3.63) is 46.1 Å². The highest BCUT2D eigenvalue weighted by Crippen LogP contribution is 2.22. The van der Waals surface area contributed by atoms with Crippen molar-refractivity contribution in [1.82, 2.24) is 9.55 Å². The molecule has 0 bridgehead atoms. The molecule has 2 rings (SSSR count). The fourth-order valence-electron chi connectivity index (χ4n) is 1.94. The molecule has 0 aliphatic heterocycles. The van der Waals surface area contributed by atoms with Gasteiger partial charge in [-0.2, -0.15) is 0 Å². The number of nitrogens with zero attached hydrogens (tertiary/aromatic N) is 2. The average Bonchev–Trinajstić information content (AvgIpc) is 2.76. The van der Waals surface area contributed by atoms with Crippen molar-refractivity contribution in [2.75, 3.05) is 0 Å². The van der Waals surface area contributed by atoms with E-state index in [2.05, 4.69) is 20.9 Å². The highest BCUT2D eigenvalue weighted by molar-refractivity contribution is 9.10. The zero-order chi connectivity index (χ0) is 15.6. The first-order valence-electron chi connectivity index (χ1n) is 6.26. The van der Waals surface area contributed by atoms with Gasteiger partial charge in [0, 0.05) is 34.3 Å². The molecule has 0 radical (unpaired) electrons. The summed E-state index contributed by atoms with van der Waals surface area (Å²) in [5.74, 6) is 0.294. The summed E-state index contributed by atoms with van der Waals surface area (Å²) in [6.07, 6.45) is 2.86. The largest absolute Gasteiger partial charge is 0.329 e. The lowest BCUT2D eigenvalue weighted by Gasteiger charge is -2.09. The second kappa shape index (κ2) is 6.46. The van der Waals surface area contributed by atoms with Crippen LogP contribution in [0.3, 0.4) is 0 Å². The van der Waals surface area contributed by atoms with E-state index in [9.17, 15) is 12.8 Å². The maximum atomic E-state index is 13.1. The summed E-state index contributed by atoms with van der Waals surface area (Å²) in [7, 11) is 1.47. The third kappa shape index (κ3) is 4.05. The van der Waals surface area contributed by atoms with Gasteiger partial charge in [-0.15, -0.1) is 0 Å². The maximum absolute atomic E-state index is 13.1. The molecule has 0 aliphatic carbocycles. The summed E-state index contributed by atoms with van der Waals surface area (Å²) in [5, 5.41) is -0.161. The molecule has 0 aliphatic rings. The zero-order valence-electron chi connectivity index (χ0n) is 11.2. The topological polar surface area (TPSA) is 52.0 Å². The summed E-state index contributed by atoms with van der Waals surface area (Å²) in [5.41, 5.74) is 0.824. The second-order valence-electron chi connectivity index (χ2n) is 4.55. The van der Waals surface area contributed by atoms with Gasteiger partial charge in [-0.25, -0.2) is 17.8 Å². The molecular formula is C13H13BrClFN2O2S. The van der Waals surface area contributed by atoms with E-state index >= 15 is 0 Å². The van der Waals surface area contributed by atoms with Gasteiger partial charge in [0.15, 0.2) is 5.03 Å². The molecule has 0 amide bonds. The number of hydrogen-bond donors (Lipinski definition) is 0. The minimum absolute atomic E-state index is 0.161. The van der Waals surface area contributed by atoms with E-state index in [-0.39, 0.29) is 10.8 Å². The number of hydrogen-bond acceptors (Lipinski definition) is 3. The molecule has 8 heteroatoms. The molecule has 0 fully saturated rings. The van der Waals surface area contributed by atoms with Gasteiger partial charge in [-0.3, -0.25) is 0 Å². The van der Waals surface area contributed by atoms with Crippen molar-refractivity contribution in [2.45, 2.75) is 31.3 Å². The Morgan fingerprint density at radius 3 is 2.71 bits per heavy atom. The summed E-state index contributed by atoms with van der Waals surface area (Å²) in [6.45, 7) is 2.36.